The first-order valence-electron chi connectivity index (χ1n) is 11.2. The van der Waals surface area contributed by atoms with Crippen LogP contribution in [0.25, 0.3) is 33.5 Å². The molecule has 3 aromatic heterocycles. The zero-order valence-electron chi connectivity index (χ0n) is 17.1. The normalized spacial score (nSPS) is 18.5. The number of para-hydroxylation sites is 1. The van der Waals surface area contributed by atoms with Crippen molar-refractivity contribution in [1.82, 2.24) is 30.5 Å². The Bertz CT molecular complexity index is 1180. The molecule has 6 rings (SSSR count). The number of piperidine rings is 2. The van der Waals surface area contributed by atoms with Crippen LogP contribution in [0.1, 0.15) is 43.7 Å². The van der Waals surface area contributed by atoms with Crippen molar-refractivity contribution < 1.29 is 0 Å². The summed E-state index contributed by atoms with van der Waals surface area (Å²) in [5.41, 5.74) is 6.33. The van der Waals surface area contributed by atoms with E-state index < -0.39 is 0 Å². The van der Waals surface area contributed by atoms with E-state index in [2.05, 4.69) is 49.7 Å². The summed E-state index contributed by atoms with van der Waals surface area (Å²) in [6, 6.07) is 8.63. The predicted octanol–water partition coefficient (Wildman–Crippen LogP) is 3.96. The Morgan fingerprint density at radius 3 is 2.73 bits per heavy atom. The van der Waals surface area contributed by atoms with Gasteiger partial charge in [-0.25, -0.2) is 4.98 Å². The third-order valence-corrected chi connectivity index (χ3v) is 6.64. The molecule has 5 heterocycles. The number of hydrogen-bond donors (Lipinski definition) is 3. The monoisotopic (exact) mass is 401 g/mol. The largest absolute Gasteiger partial charge is 0.370 e. The van der Waals surface area contributed by atoms with E-state index in [0.717, 1.165) is 78.2 Å². The van der Waals surface area contributed by atoms with Gasteiger partial charge in [-0.15, -0.1) is 0 Å². The molecular formula is C23H27N7. The van der Waals surface area contributed by atoms with Gasteiger partial charge in [-0.3, -0.25) is 10.1 Å². The van der Waals surface area contributed by atoms with Gasteiger partial charge in [-0.05, 0) is 63.4 Å². The van der Waals surface area contributed by atoms with E-state index in [4.69, 9.17) is 9.97 Å². The smallest absolute Gasteiger partial charge is 0.159 e. The number of hydrogen-bond acceptors (Lipinski definition) is 5. The zero-order valence-corrected chi connectivity index (χ0v) is 17.1. The van der Waals surface area contributed by atoms with Crippen molar-refractivity contribution >= 4 is 27.6 Å². The Labute approximate surface area is 175 Å². The Morgan fingerprint density at radius 2 is 1.87 bits per heavy atom. The van der Waals surface area contributed by atoms with E-state index in [9.17, 15) is 0 Å². The molecule has 0 atom stereocenters. The number of aromatic nitrogens is 5. The van der Waals surface area contributed by atoms with Gasteiger partial charge in [-0.1, -0.05) is 6.07 Å². The summed E-state index contributed by atoms with van der Waals surface area (Å²) in [5.74, 6) is 1.34. The molecule has 0 unspecified atom stereocenters. The van der Waals surface area contributed by atoms with Crippen LogP contribution in [0.2, 0.25) is 0 Å². The molecular weight excluding hydrogens is 374 g/mol. The van der Waals surface area contributed by atoms with Crippen LogP contribution in [0, 0.1) is 0 Å². The van der Waals surface area contributed by atoms with Gasteiger partial charge in [0.1, 0.15) is 11.2 Å². The number of benzene rings is 1. The second-order valence-corrected chi connectivity index (χ2v) is 8.56. The van der Waals surface area contributed by atoms with E-state index in [1.54, 1.807) is 0 Å². The fraction of sp³-hybridized carbons (Fsp3) is 0.435. The van der Waals surface area contributed by atoms with E-state index >= 15 is 0 Å². The highest BCUT2D eigenvalue weighted by Crippen LogP contribution is 2.33. The molecule has 2 aliphatic rings. The van der Waals surface area contributed by atoms with E-state index in [1.165, 1.54) is 24.9 Å². The standard InChI is InChI=1S/C23H27N7/c1-2-11-30(12-3-1)20-6-4-5-17-22(20)27-23(26-17)21-16-13-18(15-7-9-24-10-8-15)25-14-19(16)28-29-21/h4-6,13-15,24H,1-3,7-12H2,(H,26,27)(H,28,29). The van der Waals surface area contributed by atoms with E-state index in [1.807, 2.05) is 6.20 Å². The van der Waals surface area contributed by atoms with Gasteiger partial charge >= 0.3 is 0 Å². The van der Waals surface area contributed by atoms with Crippen LogP contribution in [0.15, 0.2) is 30.5 Å². The Balaban J connectivity index is 1.42. The first-order valence-corrected chi connectivity index (χ1v) is 11.2. The third-order valence-electron chi connectivity index (χ3n) is 6.64. The third kappa shape index (κ3) is 3.04. The quantitative estimate of drug-likeness (QED) is 0.484. The van der Waals surface area contributed by atoms with Gasteiger partial charge in [0.15, 0.2) is 5.82 Å². The molecule has 0 amide bonds. The van der Waals surface area contributed by atoms with Crippen molar-refractivity contribution in [2.75, 3.05) is 31.1 Å². The number of rotatable bonds is 3. The van der Waals surface area contributed by atoms with E-state index in [-0.39, 0.29) is 0 Å². The molecule has 0 radical (unpaired) electrons. The molecule has 30 heavy (non-hydrogen) atoms. The summed E-state index contributed by atoms with van der Waals surface area (Å²) < 4.78 is 0. The number of H-pyrrole nitrogens is 2. The second kappa shape index (κ2) is 7.40. The lowest BCUT2D eigenvalue weighted by molar-refractivity contribution is 0.453. The van der Waals surface area contributed by atoms with Crippen LogP contribution in [0.4, 0.5) is 5.69 Å². The molecule has 2 saturated heterocycles. The van der Waals surface area contributed by atoms with Crippen LogP contribution in [0.3, 0.4) is 0 Å². The number of nitrogens with one attached hydrogen (secondary N) is 3. The molecule has 0 bridgehead atoms. The first kappa shape index (κ1) is 17.9. The maximum atomic E-state index is 5.01. The topological polar surface area (TPSA) is 85.5 Å². The second-order valence-electron chi connectivity index (χ2n) is 8.56. The lowest BCUT2D eigenvalue weighted by atomic mass is 9.93. The number of imidazole rings is 1. The Kier molecular flexibility index (Phi) is 4.41. The predicted molar refractivity (Wildman–Crippen MR) is 120 cm³/mol. The number of pyridine rings is 1. The number of anilines is 1. The Morgan fingerprint density at radius 1 is 1.00 bits per heavy atom. The lowest BCUT2D eigenvalue weighted by Crippen LogP contribution is -2.29. The lowest BCUT2D eigenvalue weighted by Gasteiger charge is -2.28. The average molecular weight is 402 g/mol. The van der Waals surface area contributed by atoms with Crippen LogP contribution < -0.4 is 10.2 Å². The minimum atomic E-state index is 0.514. The molecule has 3 N–H and O–H groups in total. The van der Waals surface area contributed by atoms with Crippen molar-refractivity contribution in [2.45, 2.75) is 38.0 Å². The maximum Gasteiger partial charge on any atom is 0.159 e. The van der Waals surface area contributed by atoms with Crippen LogP contribution in [-0.2, 0) is 0 Å². The molecule has 1 aromatic carbocycles. The Hall–Kier alpha value is -2.93. The fourth-order valence-electron chi connectivity index (χ4n) is 4.97. The van der Waals surface area contributed by atoms with Gasteiger partial charge in [0.25, 0.3) is 0 Å². The molecule has 2 aliphatic heterocycles. The molecule has 2 fully saturated rings. The molecule has 0 spiro atoms. The molecule has 7 nitrogen and oxygen atoms in total. The highest BCUT2D eigenvalue weighted by Gasteiger charge is 2.21. The number of fused-ring (bicyclic) bond motifs is 2. The average Bonchev–Trinajstić information content (AvgIpc) is 3.43. The SMILES string of the molecule is c1cc(N2CCCCC2)c2nc(-c3n[nH]c4cnc(C5CCNCC5)cc34)[nH]c2c1. The number of aromatic amines is 2. The van der Waals surface area contributed by atoms with Crippen molar-refractivity contribution in [3.05, 3.63) is 36.2 Å². The summed E-state index contributed by atoms with van der Waals surface area (Å²) in [4.78, 5) is 15.7. The fourth-order valence-corrected chi connectivity index (χ4v) is 4.97. The zero-order chi connectivity index (χ0) is 19.9. The van der Waals surface area contributed by atoms with Crippen molar-refractivity contribution in [1.29, 1.82) is 0 Å². The summed E-state index contributed by atoms with van der Waals surface area (Å²) in [6.07, 6.45) is 8.02. The maximum absolute atomic E-state index is 5.01. The van der Waals surface area contributed by atoms with Gasteiger partial charge in [-0.2, -0.15) is 5.10 Å². The van der Waals surface area contributed by atoms with Crippen LogP contribution in [-0.4, -0.2) is 51.3 Å². The minimum Gasteiger partial charge on any atom is -0.370 e. The number of nitrogens with zero attached hydrogens (tertiary/aromatic N) is 4. The van der Waals surface area contributed by atoms with E-state index in [0.29, 0.717) is 5.92 Å². The molecule has 0 aliphatic carbocycles. The summed E-state index contributed by atoms with van der Waals surface area (Å²) in [6.45, 7) is 4.34. The summed E-state index contributed by atoms with van der Waals surface area (Å²) in [5, 5.41) is 12.3. The van der Waals surface area contributed by atoms with Gasteiger partial charge in [0.2, 0.25) is 0 Å². The van der Waals surface area contributed by atoms with Crippen molar-refractivity contribution in [2.24, 2.45) is 0 Å². The van der Waals surface area contributed by atoms with Crippen LogP contribution >= 0.6 is 0 Å². The van der Waals surface area contributed by atoms with Gasteiger partial charge in [0.05, 0.1) is 22.9 Å². The van der Waals surface area contributed by atoms with Crippen molar-refractivity contribution in [3.63, 3.8) is 0 Å². The summed E-state index contributed by atoms with van der Waals surface area (Å²) in [7, 11) is 0. The van der Waals surface area contributed by atoms with Crippen molar-refractivity contribution in [3.8, 4) is 11.5 Å². The van der Waals surface area contributed by atoms with Gasteiger partial charge < -0.3 is 15.2 Å². The highest BCUT2D eigenvalue weighted by molar-refractivity contribution is 5.95. The minimum absolute atomic E-state index is 0.514. The highest BCUT2D eigenvalue weighted by atomic mass is 15.2. The molecule has 0 saturated carbocycles. The van der Waals surface area contributed by atoms with Crippen LogP contribution in [0.5, 0.6) is 0 Å². The molecule has 154 valence electrons. The molecule has 7 heteroatoms. The summed E-state index contributed by atoms with van der Waals surface area (Å²) >= 11 is 0. The molecule has 4 aromatic rings. The van der Waals surface area contributed by atoms with Gasteiger partial charge in [0, 0.05) is 30.1 Å². The first-order chi connectivity index (χ1) is 14.9.